The van der Waals surface area contributed by atoms with Gasteiger partial charge in [-0.1, -0.05) is 13.8 Å². The minimum atomic E-state index is 0.0129. The first kappa shape index (κ1) is 10.9. The monoisotopic (exact) mass is 161 g/mol. The van der Waals surface area contributed by atoms with Crippen LogP contribution in [0.4, 0.5) is 0 Å². The Hall–Kier alpha value is -0.120. The van der Waals surface area contributed by atoms with E-state index in [0.717, 1.165) is 0 Å². The molecular formula is C8H19NO2. The Balaban J connectivity index is 3.54. The number of ether oxygens (including phenoxy) is 1. The van der Waals surface area contributed by atoms with Crippen LogP contribution in [0.5, 0.6) is 0 Å². The Morgan fingerprint density at radius 2 is 1.82 bits per heavy atom. The lowest BCUT2D eigenvalue weighted by Crippen LogP contribution is -2.28. The molecule has 0 atom stereocenters. The standard InChI is InChI=1S/C8H19NO2/c1-7(2)10-5-8(3,4)6-11-9/h7H,5-6,9H2,1-4H3. The Kier molecular flexibility index (Phi) is 4.65. The molecule has 0 aromatic heterocycles. The zero-order valence-corrected chi connectivity index (χ0v) is 7.89. The number of nitrogens with two attached hydrogens (primary N) is 1. The molecule has 0 spiro atoms. The van der Waals surface area contributed by atoms with E-state index in [4.69, 9.17) is 10.6 Å². The first-order valence-electron chi connectivity index (χ1n) is 3.91. The van der Waals surface area contributed by atoms with Gasteiger partial charge in [0.25, 0.3) is 0 Å². The number of rotatable bonds is 5. The molecule has 0 unspecified atom stereocenters. The van der Waals surface area contributed by atoms with E-state index in [0.29, 0.717) is 13.2 Å². The molecule has 0 radical (unpaired) electrons. The largest absolute Gasteiger partial charge is 0.378 e. The predicted octanol–water partition coefficient (Wildman–Crippen LogP) is 1.33. The Morgan fingerprint density at radius 3 is 2.18 bits per heavy atom. The van der Waals surface area contributed by atoms with Crippen molar-refractivity contribution in [2.75, 3.05) is 13.2 Å². The number of hydrogen-bond acceptors (Lipinski definition) is 3. The summed E-state index contributed by atoms with van der Waals surface area (Å²) in [5.41, 5.74) is 0.0129. The third-order valence-electron chi connectivity index (χ3n) is 1.28. The first-order chi connectivity index (χ1) is 4.98. The van der Waals surface area contributed by atoms with Gasteiger partial charge in [0.1, 0.15) is 0 Å². The molecule has 68 valence electrons. The van der Waals surface area contributed by atoms with E-state index in [-0.39, 0.29) is 11.5 Å². The smallest absolute Gasteiger partial charge is 0.0752 e. The summed E-state index contributed by atoms with van der Waals surface area (Å²) < 4.78 is 5.42. The van der Waals surface area contributed by atoms with Crippen molar-refractivity contribution in [2.45, 2.75) is 33.8 Å². The van der Waals surface area contributed by atoms with E-state index in [9.17, 15) is 0 Å². The lowest BCUT2D eigenvalue weighted by molar-refractivity contribution is -0.0247. The van der Waals surface area contributed by atoms with Gasteiger partial charge in [-0.3, -0.25) is 0 Å². The first-order valence-corrected chi connectivity index (χ1v) is 3.91. The average Bonchev–Trinajstić information content (AvgIpc) is 1.84. The van der Waals surface area contributed by atoms with Crippen molar-refractivity contribution in [2.24, 2.45) is 11.3 Å². The van der Waals surface area contributed by atoms with Crippen molar-refractivity contribution in [3.8, 4) is 0 Å². The van der Waals surface area contributed by atoms with Crippen LogP contribution >= 0.6 is 0 Å². The Bertz CT molecular complexity index is 102. The summed E-state index contributed by atoms with van der Waals surface area (Å²) in [4.78, 5) is 4.56. The highest BCUT2D eigenvalue weighted by Crippen LogP contribution is 2.15. The van der Waals surface area contributed by atoms with Crippen LogP contribution in [-0.4, -0.2) is 19.3 Å². The molecule has 0 aromatic carbocycles. The predicted molar refractivity (Wildman–Crippen MR) is 45.0 cm³/mol. The van der Waals surface area contributed by atoms with E-state index in [1.807, 2.05) is 13.8 Å². The summed E-state index contributed by atoms with van der Waals surface area (Å²) >= 11 is 0. The highest BCUT2D eigenvalue weighted by molar-refractivity contribution is 4.66. The maximum atomic E-state index is 5.42. The van der Waals surface area contributed by atoms with Gasteiger partial charge in [0.2, 0.25) is 0 Å². The molecule has 0 aliphatic carbocycles. The summed E-state index contributed by atoms with van der Waals surface area (Å²) in [5.74, 6) is 4.97. The Morgan fingerprint density at radius 1 is 1.27 bits per heavy atom. The Labute approximate surface area is 68.8 Å². The SMILES string of the molecule is CC(C)OCC(C)(C)CON. The van der Waals surface area contributed by atoms with Crippen molar-refractivity contribution >= 4 is 0 Å². The van der Waals surface area contributed by atoms with Crippen LogP contribution in [0, 0.1) is 5.41 Å². The van der Waals surface area contributed by atoms with Crippen molar-refractivity contribution in [3.05, 3.63) is 0 Å². The summed E-state index contributed by atoms with van der Waals surface area (Å²) in [5, 5.41) is 0. The third kappa shape index (κ3) is 6.28. The molecule has 11 heavy (non-hydrogen) atoms. The highest BCUT2D eigenvalue weighted by atomic mass is 16.6. The highest BCUT2D eigenvalue weighted by Gasteiger charge is 2.18. The molecule has 0 saturated carbocycles. The van der Waals surface area contributed by atoms with E-state index >= 15 is 0 Å². The van der Waals surface area contributed by atoms with Gasteiger partial charge < -0.3 is 9.57 Å². The zero-order valence-electron chi connectivity index (χ0n) is 7.89. The molecule has 0 aliphatic rings. The van der Waals surface area contributed by atoms with Crippen LogP contribution in [0.2, 0.25) is 0 Å². The van der Waals surface area contributed by atoms with Gasteiger partial charge in [0, 0.05) is 5.41 Å². The van der Waals surface area contributed by atoms with Gasteiger partial charge in [0.05, 0.1) is 19.3 Å². The molecule has 0 rings (SSSR count). The molecule has 3 heteroatoms. The van der Waals surface area contributed by atoms with Crippen LogP contribution in [-0.2, 0) is 9.57 Å². The summed E-state index contributed by atoms with van der Waals surface area (Å²) in [6.45, 7) is 9.35. The van der Waals surface area contributed by atoms with Gasteiger partial charge in [-0.05, 0) is 13.8 Å². The fourth-order valence-electron chi connectivity index (χ4n) is 0.660. The average molecular weight is 161 g/mol. The fourth-order valence-corrected chi connectivity index (χ4v) is 0.660. The third-order valence-corrected chi connectivity index (χ3v) is 1.28. The fraction of sp³-hybridized carbons (Fsp3) is 1.00. The number of hydrogen-bond donors (Lipinski definition) is 1. The van der Waals surface area contributed by atoms with Crippen LogP contribution in [0.3, 0.4) is 0 Å². The molecule has 0 aromatic rings. The summed E-state index contributed by atoms with van der Waals surface area (Å²) in [6.07, 6.45) is 0.270. The minimum absolute atomic E-state index is 0.0129. The van der Waals surface area contributed by atoms with Crippen molar-refractivity contribution < 1.29 is 9.57 Å². The summed E-state index contributed by atoms with van der Waals surface area (Å²) in [6, 6.07) is 0. The van der Waals surface area contributed by atoms with Crippen LogP contribution in [0.25, 0.3) is 0 Å². The minimum Gasteiger partial charge on any atom is -0.378 e. The summed E-state index contributed by atoms with van der Waals surface area (Å²) in [7, 11) is 0. The molecule has 0 heterocycles. The van der Waals surface area contributed by atoms with Crippen LogP contribution < -0.4 is 5.90 Å². The van der Waals surface area contributed by atoms with E-state index in [1.165, 1.54) is 0 Å². The maximum absolute atomic E-state index is 5.42. The van der Waals surface area contributed by atoms with Gasteiger partial charge in [-0.2, -0.15) is 0 Å². The molecule has 0 bridgehead atoms. The van der Waals surface area contributed by atoms with Crippen molar-refractivity contribution in [1.29, 1.82) is 0 Å². The van der Waals surface area contributed by atoms with Crippen LogP contribution in [0.15, 0.2) is 0 Å². The van der Waals surface area contributed by atoms with Crippen molar-refractivity contribution in [3.63, 3.8) is 0 Å². The van der Waals surface area contributed by atoms with Gasteiger partial charge in [-0.15, -0.1) is 0 Å². The molecule has 0 amide bonds. The molecule has 0 fully saturated rings. The van der Waals surface area contributed by atoms with E-state index in [2.05, 4.69) is 18.7 Å². The molecule has 0 aliphatic heterocycles. The molecule has 0 saturated heterocycles. The second kappa shape index (κ2) is 4.70. The lowest BCUT2D eigenvalue weighted by Gasteiger charge is -2.23. The normalized spacial score (nSPS) is 12.5. The lowest BCUT2D eigenvalue weighted by atomic mass is 9.96. The topological polar surface area (TPSA) is 44.5 Å². The van der Waals surface area contributed by atoms with Crippen molar-refractivity contribution in [1.82, 2.24) is 0 Å². The van der Waals surface area contributed by atoms with E-state index < -0.39 is 0 Å². The van der Waals surface area contributed by atoms with Crippen LogP contribution in [0.1, 0.15) is 27.7 Å². The molecular weight excluding hydrogens is 142 g/mol. The van der Waals surface area contributed by atoms with Gasteiger partial charge in [-0.25, -0.2) is 5.90 Å². The maximum Gasteiger partial charge on any atom is 0.0752 e. The molecule has 3 nitrogen and oxygen atoms in total. The quantitative estimate of drug-likeness (QED) is 0.619. The second-order valence-electron chi connectivity index (χ2n) is 3.83. The molecule has 2 N–H and O–H groups in total. The van der Waals surface area contributed by atoms with Gasteiger partial charge in [0.15, 0.2) is 0 Å². The zero-order chi connectivity index (χ0) is 8.91. The van der Waals surface area contributed by atoms with E-state index in [1.54, 1.807) is 0 Å². The van der Waals surface area contributed by atoms with Gasteiger partial charge >= 0.3 is 0 Å². The second-order valence-corrected chi connectivity index (χ2v) is 3.83.